The molecule has 1 saturated carbocycles. The van der Waals surface area contributed by atoms with E-state index in [2.05, 4.69) is 10.1 Å². The summed E-state index contributed by atoms with van der Waals surface area (Å²) < 4.78 is 10.8. The van der Waals surface area contributed by atoms with Gasteiger partial charge in [0.15, 0.2) is 5.82 Å². The van der Waals surface area contributed by atoms with Crippen LogP contribution in [-0.4, -0.2) is 17.3 Å². The molecule has 1 aliphatic carbocycles. The lowest BCUT2D eigenvalue weighted by atomic mass is 9.91. The first kappa shape index (κ1) is 14.1. The van der Waals surface area contributed by atoms with Crippen molar-refractivity contribution in [2.75, 3.05) is 7.11 Å². The normalized spacial score (nSPS) is 18.2. The minimum atomic E-state index is -0.458. The number of benzene rings is 1. The molecule has 112 valence electrons. The maximum atomic E-state index is 6.53. The van der Waals surface area contributed by atoms with Gasteiger partial charge < -0.3 is 15.0 Å². The molecule has 2 N–H and O–H groups in total. The van der Waals surface area contributed by atoms with Gasteiger partial charge in [-0.25, -0.2) is 0 Å². The third kappa shape index (κ3) is 2.78. The number of rotatable bonds is 3. The van der Waals surface area contributed by atoms with E-state index in [9.17, 15) is 0 Å². The Morgan fingerprint density at radius 2 is 1.86 bits per heavy atom. The van der Waals surface area contributed by atoms with Gasteiger partial charge in [0.05, 0.1) is 18.2 Å². The highest BCUT2D eigenvalue weighted by molar-refractivity contribution is 5.62. The quantitative estimate of drug-likeness (QED) is 0.877. The predicted octanol–water partition coefficient (Wildman–Crippen LogP) is 3.25. The molecular weight excluding hydrogens is 266 g/mol. The van der Waals surface area contributed by atoms with Crippen LogP contribution in [0.15, 0.2) is 28.8 Å². The third-order valence-electron chi connectivity index (χ3n) is 4.20. The molecule has 0 atom stereocenters. The van der Waals surface area contributed by atoms with Crippen molar-refractivity contribution in [3.8, 4) is 17.2 Å². The van der Waals surface area contributed by atoms with Crippen molar-refractivity contribution in [2.24, 2.45) is 5.73 Å². The second-order valence-electron chi connectivity index (χ2n) is 5.69. The Morgan fingerprint density at radius 1 is 1.14 bits per heavy atom. The van der Waals surface area contributed by atoms with Crippen LogP contribution in [0.25, 0.3) is 11.5 Å². The van der Waals surface area contributed by atoms with E-state index < -0.39 is 5.54 Å². The van der Waals surface area contributed by atoms with E-state index >= 15 is 0 Å². The molecule has 5 nitrogen and oxygen atoms in total. The summed E-state index contributed by atoms with van der Waals surface area (Å²) in [4.78, 5) is 4.54. The summed E-state index contributed by atoms with van der Waals surface area (Å²) >= 11 is 0. The smallest absolute Gasteiger partial charge is 0.261 e. The Hall–Kier alpha value is -1.88. The van der Waals surface area contributed by atoms with Crippen LogP contribution in [0.5, 0.6) is 5.75 Å². The van der Waals surface area contributed by atoms with Crippen molar-refractivity contribution < 1.29 is 9.26 Å². The SMILES string of the molecule is COc1ccccc1-c1nc(C2(N)CCCCCC2)no1. The zero-order valence-corrected chi connectivity index (χ0v) is 12.3. The van der Waals surface area contributed by atoms with Gasteiger partial charge >= 0.3 is 0 Å². The van der Waals surface area contributed by atoms with E-state index in [1.54, 1.807) is 7.11 Å². The van der Waals surface area contributed by atoms with Gasteiger partial charge in [0.1, 0.15) is 5.75 Å². The first-order valence-electron chi connectivity index (χ1n) is 7.49. The highest BCUT2D eigenvalue weighted by Gasteiger charge is 2.33. The van der Waals surface area contributed by atoms with Crippen LogP contribution in [-0.2, 0) is 5.54 Å². The molecule has 1 aromatic carbocycles. The van der Waals surface area contributed by atoms with E-state index in [1.807, 2.05) is 24.3 Å². The van der Waals surface area contributed by atoms with E-state index in [4.69, 9.17) is 15.0 Å². The number of hydrogen-bond acceptors (Lipinski definition) is 5. The number of nitrogens with zero attached hydrogens (tertiary/aromatic N) is 2. The van der Waals surface area contributed by atoms with Gasteiger partial charge in [0.2, 0.25) is 0 Å². The van der Waals surface area contributed by atoms with Crippen LogP contribution in [0.4, 0.5) is 0 Å². The standard InChI is InChI=1S/C16H21N3O2/c1-20-13-9-5-4-8-12(13)14-18-15(19-21-14)16(17)10-6-2-3-7-11-16/h4-5,8-9H,2-3,6-7,10-11,17H2,1H3. The second kappa shape index (κ2) is 5.85. The molecule has 0 saturated heterocycles. The fraction of sp³-hybridized carbons (Fsp3) is 0.500. The lowest BCUT2D eigenvalue weighted by Crippen LogP contribution is -2.37. The van der Waals surface area contributed by atoms with Gasteiger partial charge in [-0.05, 0) is 25.0 Å². The molecule has 0 bridgehead atoms. The van der Waals surface area contributed by atoms with Gasteiger partial charge in [0.25, 0.3) is 5.89 Å². The van der Waals surface area contributed by atoms with Crippen molar-refractivity contribution in [1.29, 1.82) is 0 Å². The Labute approximate surface area is 124 Å². The number of nitrogens with two attached hydrogens (primary N) is 1. The van der Waals surface area contributed by atoms with Crippen LogP contribution in [0, 0.1) is 0 Å². The molecule has 1 fully saturated rings. The fourth-order valence-corrected chi connectivity index (χ4v) is 2.94. The monoisotopic (exact) mass is 287 g/mol. The van der Waals surface area contributed by atoms with Gasteiger partial charge in [-0.2, -0.15) is 4.98 Å². The van der Waals surface area contributed by atoms with Crippen LogP contribution >= 0.6 is 0 Å². The Bertz CT molecular complexity index is 601. The van der Waals surface area contributed by atoms with E-state index in [0.29, 0.717) is 11.7 Å². The average molecular weight is 287 g/mol. The molecule has 1 heterocycles. The van der Waals surface area contributed by atoms with Gasteiger partial charge in [-0.15, -0.1) is 0 Å². The van der Waals surface area contributed by atoms with Crippen LogP contribution < -0.4 is 10.5 Å². The van der Waals surface area contributed by atoms with Gasteiger partial charge in [-0.3, -0.25) is 0 Å². The molecule has 1 aromatic heterocycles. The Morgan fingerprint density at radius 3 is 2.57 bits per heavy atom. The molecule has 2 aromatic rings. The molecule has 3 rings (SSSR count). The molecule has 0 amide bonds. The zero-order chi connectivity index (χ0) is 14.7. The lowest BCUT2D eigenvalue weighted by molar-refractivity contribution is 0.334. The molecule has 0 radical (unpaired) electrons. The van der Waals surface area contributed by atoms with Crippen LogP contribution in [0.1, 0.15) is 44.3 Å². The van der Waals surface area contributed by atoms with E-state index in [-0.39, 0.29) is 0 Å². The van der Waals surface area contributed by atoms with Gasteiger partial charge in [0, 0.05) is 0 Å². The third-order valence-corrected chi connectivity index (χ3v) is 4.20. The second-order valence-corrected chi connectivity index (χ2v) is 5.69. The number of para-hydroxylation sites is 1. The van der Waals surface area contributed by atoms with Crippen molar-refractivity contribution >= 4 is 0 Å². The summed E-state index contributed by atoms with van der Waals surface area (Å²) in [7, 11) is 1.63. The zero-order valence-electron chi connectivity index (χ0n) is 12.3. The van der Waals surface area contributed by atoms with Crippen molar-refractivity contribution in [2.45, 2.75) is 44.1 Å². The summed E-state index contributed by atoms with van der Waals surface area (Å²) in [5.41, 5.74) is 6.87. The summed E-state index contributed by atoms with van der Waals surface area (Å²) in [5.74, 6) is 1.81. The predicted molar refractivity (Wildman–Crippen MR) is 79.9 cm³/mol. The van der Waals surface area contributed by atoms with Gasteiger partial charge in [-0.1, -0.05) is 43.0 Å². The molecule has 21 heavy (non-hydrogen) atoms. The molecule has 0 spiro atoms. The largest absolute Gasteiger partial charge is 0.496 e. The van der Waals surface area contributed by atoms with E-state index in [0.717, 1.165) is 37.0 Å². The summed E-state index contributed by atoms with van der Waals surface area (Å²) in [6.45, 7) is 0. The molecule has 5 heteroatoms. The molecular formula is C16H21N3O2. The maximum Gasteiger partial charge on any atom is 0.261 e. The highest BCUT2D eigenvalue weighted by atomic mass is 16.5. The summed E-state index contributed by atoms with van der Waals surface area (Å²) in [6, 6.07) is 7.62. The average Bonchev–Trinajstić information content (AvgIpc) is 2.91. The maximum absolute atomic E-state index is 6.53. The minimum Gasteiger partial charge on any atom is -0.496 e. The number of aromatic nitrogens is 2. The van der Waals surface area contributed by atoms with Crippen molar-refractivity contribution in [3.63, 3.8) is 0 Å². The van der Waals surface area contributed by atoms with Crippen molar-refractivity contribution in [3.05, 3.63) is 30.1 Å². The lowest BCUT2D eigenvalue weighted by Gasteiger charge is -2.23. The summed E-state index contributed by atoms with van der Waals surface area (Å²) in [5, 5.41) is 4.14. The van der Waals surface area contributed by atoms with Crippen LogP contribution in [0.2, 0.25) is 0 Å². The van der Waals surface area contributed by atoms with Crippen molar-refractivity contribution in [1.82, 2.24) is 10.1 Å². The Kier molecular flexibility index (Phi) is 3.92. The van der Waals surface area contributed by atoms with E-state index in [1.165, 1.54) is 12.8 Å². The summed E-state index contributed by atoms with van der Waals surface area (Å²) in [6.07, 6.45) is 6.53. The Balaban J connectivity index is 1.92. The first-order chi connectivity index (χ1) is 10.2. The fourth-order valence-electron chi connectivity index (χ4n) is 2.94. The molecule has 0 aliphatic heterocycles. The minimum absolute atomic E-state index is 0.458. The number of hydrogen-bond donors (Lipinski definition) is 1. The molecule has 1 aliphatic rings. The highest BCUT2D eigenvalue weighted by Crippen LogP contribution is 2.34. The van der Waals surface area contributed by atoms with Crippen LogP contribution in [0.3, 0.4) is 0 Å². The number of methoxy groups -OCH3 is 1. The number of ether oxygens (including phenoxy) is 1. The molecule has 0 unspecified atom stereocenters. The topological polar surface area (TPSA) is 74.2 Å². The first-order valence-corrected chi connectivity index (χ1v) is 7.49.